The van der Waals surface area contributed by atoms with Crippen molar-refractivity contribution >= 4 is 0 Å². The van der Waals surface area contributed by atoms with Gasteiger partial charge in [-0.3, -0.25) is 9.97 Å². The molecule has 0 saturated carbocycles. The lowest BCUT2D eigenvalue weighted by atomic mass is 10.0. The van der Waals surface area contributed by atoms with E-state index in [1.165, 1.54) is 0 Å². The van der Waals surface area contributed by atoms with Crippen LogP contribution in [0.15, 0.2) is 42.9 Å². The molecule has 1 unspecified atom stereocenters. The van der Waals surface area contributed by atoms with Crippen LogP contribution in [0.1, 0.15) is 22.9 Å². The van der Waals surface area contributed by atoms with E-state index in [4.69, 9.17) is 5.73 Å². The number of hydrogen-bond acceptors (Lipinski definition) is 3. The highest BCUT2D eigenvalue weighted by Gasteiger charge is 2.08. The lowest BCUT2D eigenvalue weighted by Crippen LogP contribution is -2.12. The average molecular weight is 199 g/mol. The summed E-state index contributed by atoms with van der Waals surface area (Å²) in [7, 11) is 0. The van der Waals surface area contributed by atoms with E-state index in [1.54, 1.807) is 12.4 Å². The van der Waals surface area contributed by atoms with Gasteiger partial charge < -0.3 is 5.73 Å². The summed E-state index contributed by atoms with van der Waals surface area (Å²) in [6, 6.07) is 7.67. The maximum absolute atomic E-state index is 6.09. The molecule has 0 saturated heterocycles. The number of rotatable bonds is 2. The highest BCUT2D eigenvalue weighted by atomic mass is 14.7. The van der Waals surface area contributed by atoms with E-state index in [0.717, 1.165) is 16.8 Å². The molecule has 1 atom stereocenters. The first-order chi connectivity index (χ1) is 7.27. The van der Waals surface area contributed by atoms with Crippen molar-refractivity contribution in [3.63, 3.8) is 0 Å². The van der Waals surface area contributed by atoms with E-state index in [-0.39, 0.29) is 6.04 Å². The van der Waals surface area contributed by atoms with E-state index in [9.17, 15) is 0 Å². The molecular formula is C12H13N3. The van der Waals surface area contributed by atoms with Crippen LogP contribution < -0.4 is 5.73 Å². The summed E-state index contributed by atoms with van der Waals surface area (Å²) in [6.45, 7) is 1.96. The zero-order valence-corrected chi connectivity index (χ0v) is 8.59. The molecule has 0 radical (unpaired) electrons. The first kappa shape index (κ1) is 9.80. The molecule has 2 rings (SSSR count). The number of nitrogens with two attached hydrogens (primary N) is 1. The van der Waals surface area contributed by atoms with Crippen LogP contribution in [0.25, 0.3) is 0 Å². The van der Waals surface area contributed by atoms with Crippen molar-refractivity contribution in [3.05, 3.63) is 59.7 Å². The number of pyridine rings is 2. The average Bonchev–Trinajstić information content (AvgIpc) is 2.30. The van der Waals surface area contributed by atoms with Crippen LogP contribution in [0.4, 0.5) is 0 Å². The zero-order valence-electron chi connectivity index (χ0n) is 8.59. The monoisotopic (exact) mass is 199 g/mol. The van der Waals surface area contributed by atoms with Gasteiger partial charge in [0, 0.05) is 24.3 Å². The molecule has 2 aromatic rings. The van der Waals surface area contributed by atoms with Crippen LogP contribution in [0.2, 0.25) is 0 Å². The van der Waals surface area contributed by atoms with Crippen LogP contribution in [-0.4, -0.2) is 9.97 Å². The third kappa shape index (κ3) is 2.19. The van der Waals surface area contributed by atoms with Gasteiger partial charge in [-0.25, -0.2) is 0 Å². The smallest absolute Gasteiger partial charge is 0.0582 e. The Bertz CT molecular complexity index is 422. The molecule has 76 valence electrons. The topological polar surface area (TPSA) is 51.8 Å². The van der Waals surface area contributed by atoms with Gasteiger partial charge in [0.15, 0.2) is 0 Å². The Labute approximate surface area is 89.0 Å². The second-order valence-electron chi connectivity index (χ2n) is 3.50. The largest absolute Gasteiger partial charge is 0.320 e. The Morgan fingerprint density at radius 1 is 1.13 bits per heavy atom. The van der Waals surface area contributed by atoms with Gasteiger partial charge in [-0.15, -0.1) is 0 Å². The van der Waals surface area contributed by atoms with Crippen molar-refractivity contribution in [2.75, 3.05) is 0 Å². The molecule has 0 aliphatic heterocycles. The molecule has 2 N–H and O–H groups in total. The summed E-state index contributed by atoms with van der Waals surface area (Å²) >= 11 is 0. The number of hydrogen-bond donors (Lipinski definition) is 1. The Morgan fingerprint density at radius 3 is 2.53 bits per heavy atom. The summed E-state index contributed by atoms with van der Waals surface area (Å²) in [6.07, 6.45) is 5.33. The highest BCUT2D eigenvalue weighted by Crippen LogP contribution is 2.17. The molecule has 3 heteroatoms. The molecule has 0 bridgehead atoms. The molecule has 15 heavy (non-hydrogen) atoms. The number of aromatic nitrogens is 2. The Kier molecular flexibility index (Phi) is 2.74. The molecule has 0 aliphatic carbocycles. The van der Waals surface area contributed by atoms with E-state index >= 15 is 0 Å². The quantitative estimate of drug-likeness (QED) is 0.802. The van der Waals surface area contributed by atoms with E-state index in [2.05, 4.69) is 9.97 Å². The van der Waals surface area contributed by atoms with Gasteiger partial charge in [0.2, 0.25) is 0 Å². The van der Waals surface area contributed by atoms with Gasteiger partial charge in [0.1, 0.15) is 0 Å². The van der Waals surface area contributed by atoms with Crippen molar-refractivity contribution < 1.29 is 0 Å². The van der Waals surface area contributed by atoms with Crippen LogP contribution in [0.5, 0.6) is 0 Å². The highest BCUT2D eigenvalue weighted by molar-refractivity contribution is 5.27. The molecule has 0 aromatic carbocycles. The minimum Gasteiger partial charge on any atom is -0.320 e. The van der Waals surface area contributed by atoms with Crippen molar-refractivity contribution in [2.45, 2.75) is 13.0 Å². The van der Waals surface area contributed by atoms with Gasteiger partial charge >= 0.3 is 0 Å². The summed E-state index contributed by atoms with van der Waals surface area (Å²) < 4.78 is 0. The zero-order chi connectivity index (χ0) is 10.7. The van der Waals surface area contributed by atoms with Gasteiger partial charge in [0.25, 0.3) is 0 Å². The second-order valence-corrected chi connectivity index (χ2v) is 3.50. The lowest BCUT2D eigenvalue weighted by molar-refractivity contribution is 0.853. The Hall–Kier alpha value is -1.74. The first-order valence-electron chi connectivity index (χ1n) is 4.85. The SMILES string of the molecule is Cc1ccc(C(N)c2cccnc2)cn1. The summed E-state index contributed by atoms with van der Waals surface area (Å²) in [5, 5.41) is 0. The predicted octanol–water partition coefficient (Wildman–Crippen LogP) is 1.83. The third-order valence-electron chi connectivity index (χ3n) is 2.34. The van der Waals surface area contributed by atoms with Crippen molar-refractivity contribution in [1.29, 1.82) is 0 Å². The van der Waals surface area contributed by atoms with E-state index < -0.39 is 0 Å². The van der Waals surface area contributed by atoms with Crippen LogP contribution in [0, 0.1) is 6.92 Å². The van der Waals surface area contributed by atoms with Crippen LogP contribution in [-0.2, 0) is 0 Å². The molecule has 0 spiro atoms. The summed E-state index contributed by atoms with van der Waals surface area (Å²) in [4.78, 5) is 8.27. The molecule has 3 nitrogen and oxygen atoms in total. The van der Waals surface area contributed by atoms with Gasteiger partial charge in [0.05, 0.1) is 6.04 Å². The second kappa shape index (κ2) is 4.19. The molecular weight excluding hydrogens is 186 g/mol. The Morgan fingerprint density at radius 2 is 1.93 bits per heavy atom. The maximum atomic E-state index is 6.09. The minimum absolute atomic E-state index is 0.146. The molecule has 2 aromatic heterocycles. The molecule has 0 aliphatic rings. The summed E-state index contributed by atoms with van der Waals surface area (Å²) in [5.74, 6) is 0. The molecule has 0 amide bonds. The van der Waals surface area contributed by atoms with Gasteiger partial charge in [-0.05, 0) is 30.2 Å². The fourth-order valence-electron chi connectivity index (χ4n) is 1.42. The fourth-order valence-corrected chi connectivity index (χ4v) is 1.42. The fraction of sp³-hybridized carbons (Fsp3) is 0.167. The minimum atomic E-state index is -0.146. The van der Waals surface area contributed by atoms with Crippen molar-refractivity contribution in [1.82, 2.24) is 9.97 Å². The van der Waals surface area contributed by atoms with Crippen LogP contribution in [0.3, 0.4) is 0 Å². The predicted molar refractivity (Wildman–Crippen MR) is 59.2 cm³/mol. The van der Waals surface area contributed by atoms with E-state index in [1.807, 2.05) is 37.4 Å². The van der Waals surface area contributed by atoms with Crippen LogP contribution >= 0.6 is 0 Å². The third-order valence-corrected chi connectivity index (χ3v) is 2.34. The molecule has 2 heterocycles. The van der Waals surface area contributed by atoms with Gasteiger partial charge in [-0.2, -0.15) is 0 Å². The Balaban J connectivity index is 2.29. The van der Waals surface area contributed by atoms with Gasteiger partial charge in [-0.1, -0.05) is 12.1 Å². The summed E-state index contributed by atoms with van der Waals surface area (Å²) in [5.41, 5.74) is 9.09. The lowest BCUT2D eigenvalue weighted by Gasteiger charge is -2.11. The first-order valence-corrected chi connectivity index (χ1v) is 4.85. The normalized spacial score (nSPS) is 12.4. The molecule has 0 fully saturated rings. The van der Waals surface area contributed by atoms with Crippen molar-refractivity contribution in [2.24, 2.45) is 5.73 Å². The standard InChI is InChI=1S/C12H13N3/c1-9-4-5-11(8-15-9)12(13)10-3-2-6-14-7-10/h2-8,12H,13H2,1H3. The van der Waals surface area contributed by atoms with Crippen molar-refractivity contribution in [3.8, 4) is 0 Å². The number of aryl methyl sites for hydroxylation is 1. The maximum Gasteiger partial charge on any atom is 0.0582 e. The number of nitrogens with zero attached hydrogens (tertiary/aromatic N) is 2. The van der Waals surface area contributed by atoms with E-state index in [0.29, 0.717) is 0 Å².